The van der Waals surface area contributed by atoms with Crippen LogP contribution in [0.4, 0.5) is 0 Å². The van der Waals surface area contributed by atoms with E-state index in [2.05, 4.69) is 11.0 Å². The van der Waals surface area contributed by atoms with E-state index in [4.69, 9.17) is 22.6 Å². The van der Waals surface area contributed by atoms with Crippen LogP contribution in [0.1, 0.15) is 17.5 Å². The molecule has 0 spiro atoms. The molecule has 1 aliphatic heterocycles. The van der Waals surface area contributed by atoms with Crippen molar-refractivity contribution in [3.8, 4) is 6.07 Å². The molecule has 2 N–H and O–H groups in total. The fourth-order valence-electron chi connectivity index (χ4n) is 1.99. The summed E-state index contributed by atoms with van der Waals surface area (Å²) in [7, 11) is 0. The number of halogens is 1. The Morgan fingerprint density at radius 3 is 2.94 bits per heavy atom. The Kier molecular flexibility index (Phi) is 3.45. The summed E-state index contributed by atoms with van der Waals surface area (Å²) in [6.07, 6.45) is 1.05. The first kappa shape index (κ1) is 11.4. The third kappa shape index (κ3) is 2.53. The number of nitriles is 1. The molecule has 1 fully saturated rings. The molecule has 3 nitrogen and oxygen atoms in total. The van der Waals surface area contributed by atoms with Crippen molar-refractivity contribution in [1.82, 2.24) is 4.90 Å². The summed E-state index contributed by atoms with van der Waals surface area (Å²) in [6.45, 7) is 2.77. The average Bonchev–Trinajstić information content (AvgIpc) is 2.67. The maximum absolute atomic E-state index is 8.74. The van der Waals surface area contributed by atoms with E-state index in [1.54, 1.807) is 12.1 Å². The van der Waals surface area contributed by atoms with E-state index >= 15 is 0 Å². The van der Waals surface area contributed by atoms with Gasteiger partial charge >= 0.3 is 0 Å². The van der Waals surface area contributed by atoms with Crippen molar-refractivity contribution in [2.75, 3.05) is 13.1 Å². The van der Waals surface area contributed by atoms with Crippen LogP contribution < -0.4 is 5.73 Å². The molecule has 16 heavy (non-hydrogen) atoms. The van der Waals surface area contributed by atoms with Crippen molar-refractivity contribution in [2.24, 2.45) is 5.73 Å². The predicted molar refractivity (Wildman–Crippen MR) is 64.0 cm³/mol. The molecule has 0 aromatic heterocycles. The van der Waals surface area contributed by atoms with Gasteiger partial charge in [-0.3, -0.25) is 4.90 Å². The first-order valence-corrected chi connectivity index (χ1v) is 5.73. The minimum Gasteiger partial charge on any atom is -0.326 e. The number of likely N-dealkylation sites (tertiary alicyclic amines) is 1. The fraction of sp³-hybridized carbons (Fsp3) is 0.417. The van der Waals surface area contributed by atoms with Gasteiger partial charge in [0.2, 0.25) is 0 Å². The van der Waals surface area contributed by atoms with Gasteiger partial charge in [-0.1, -0.05) is 17.7 Å². The molecule has 0 saturated carbocycles. The zero-order valence-corrected chi connectivity index (χ0v) is 9.74. The molecule has 1 heterocycles. The van der Waals surface area contributed by atoms with Crippen LogP contribution in [0.5, 0.6) is 0 Å². The number of benzene rings is 1. The number of hydrogen-bond acceptors (Lipinski definition) is 3. The second-order valence-corrected chi connectivity index (χ2v) is 4.61. The zero-order chi connectivity index (χ0) is 11.5. The third-order valence-electron chi connectivity index (χ3n) is 2.88. The van der Waals surface area contributed by atoms with Crippen LogP contribution in [-0.2, 0) is 6.54 Å². The van der Waals surface area contributed by atoms with Gasteiger partial charge in [0, 0.05) is 30.7 Å². The summed E-state index contributed by atoms with van der Waals surface area (Å²) in [6, 6.07) is 7.81. The monoisotopic (exact) mass is 235 g/mol. The molecular formula is C12H14ClN3. The molecule has 1 aliphatic rings. The van der Waals surface area contributed by atoms with Gasteiger partial charge in [-0.2, -0.15) is 5.26 Å². The summed E-state index contributed by atoms with van der Waals surface area (Å²) in [4.78, 5) is 2.29. The van der Waals surface area contributed by atoms with Crippen LogP contribution in [0.3, 0.4) is 0 Å². The molecule has 0 amide bonds. The molecule has 1 atom stereocenters. The Bertz CT molecular complexity index is 425. The molecule has 84 valence electrons. The number of hydrogen-bond donors (Lipinski definition) is 1. The molecule has 1 saturated heterocycles. The summed E-state index contributed by atoms with van der Waals surface area (Å²) in [5, 5.41) is 9.40. The normalized spacial score (nSPS) is 20.9. The zero-order valence-electron chi connectivity index (χ0n) is 8.99. The summed E-state index contributed by atoms with van der Waals surface area (Å²) in [5.41, 5.74) is 7.51. The summed E-state index contributed by atoms with van der Waals surface area (Å²) >= 11 is 6.11. The fourth-order valence-corrected chi connectivity index (χ4v) is 2.23. The standard InChI is InChI=1S/C12H14ClN3/c13-12-5-9(6-14)1-2-10(12)7-16-4-3-11(15)8-16/h1-2,5,11H,3-4,7-8,15H2/t11-/m0/s1. The van der Waals surface area contributed by atoms with E-state index in [0.717, 1.165) is 31.6 Å². The maximum atomic E-state index is 8.74. The highest BCUT2D eigenvalue weighted by atomic mass is 35.5. The predicted octanol–water partition coefficient (Wildman–Crippen LogP) is 1.74. The minimum absolute atomic E-state index is 0.289. The van der Waals surface area contributed by atoms with Crippen molar-refractivity contribution in [3.05, 3.63) is 34.3 Å². The second-order valence-electron chi connectivity index (χ2n) is 4.20. The summed E-state index contributed by atoms with van der Waals surface area (Å²) in [5.74, 6) is 0. The van der Waals surface area contributed by atoms with Crippen molar-refractivity contribution in [1.29, 1.82) is 5.26 Å². The quantitative estimate of drug-likeness (QED) is 0.850. The average molecular weight is 236 g/mol. The number of rotatable bonds is 2. The maximum Gasteiger partial charge on any atom is 0.0992 e. The first-order chi connectivity index (χ1) is 7.69. The lowest BCUT2D eigenvalue weighted by atomic mass is 10.1. The summed E-state index contributed by atoms with van der Waals surface area (Å²) < 4.78 is 0. The van der Waals surface area contributed by atoms with Crippen LogP contribution in [0.2, 0.25) is 5.02 Å². The molecule has 0 radical (unpaired) electrons. The highest BCUT2D eigenvalue weighted by Crippen LogP contribution is 2.21. The molecule has 1 aromatic carbocycles. The highest BCUT2D eigenvalue weighted by molar-refractivity contribution is 6.31. The van der Waals surface area contributed by atoms with E-state index in [0.29, 0.717) is 10.6 Å². The first-order valence-electron chi connectivity index (χ1n) is 5.35. The second kappa shape index (κ2) is 4.84. The number of nitrogens with zero attached hydrogens (tertiary/aromatic N) is 2. The van der Waals surface area contributed by atoms with E-state index < -0.39 is 0 Å². The number of nitrogens with two attached hydrogens (primary N) is 1. The lowest BCUT2D eigenvalue weighted by Crippen LogP contribution is -2.26. The third-order valence-corrected chi connectivity index (χ3v) is 3.24. The van der Waals surface area contributed by atoms with Gasteiger partial charge in [0.05, 0.1) is 11.6 Å². The Hall–Kier alpha value is -1.08. The molecule has 2 rings (SSSR count). The van der Waals surface area contributed by atoms with Gasteiger partial charge in [-0.15, -0.1) is 0 Å². The van der Waals surface area contributed by atoms with Gasteiger partial charge in [0.15, 0.2) is 0 Å². The molecular weight excluding hydrogens is 222 g/mol. The van der Waals surface area contributed by atoms with Gasteiger partial charge in [0.1, 0.15) is 0 Å². The van der Waals surface area contributed by atoms with Gasteiger partial charge < -0.3 is 5.73 Å². The van der Waals surface area contributed by atoms with Crippen molar-refractivity contribution in [3.63, 3.8) is 0 Å². The van der Waals surface area contributed by atoms with Crippen molar-refractivity contribution >= 4 is 11.6 Å². The topological polar surface area (TPSA) is 53.0 Å². The molecule has 1 aromatic rings. The van der Waals surface area contributed by atoms with Gasteiger partial charge in [-0.05, 0) is 24.1 Å². The molecule has 0 aliphatic carbocycles. The van der Waals surface area contributed by atoms with Crippen LogP contribution in [0.25, 0.3) is 0 Å². The smallest absolute Gasteiger partial charge is 0.0992 e. The van der Waals surface area contributed by atoms with E-state index in [1.807, 2.05) is 6.07 Å². The van der Waals surface area contributed by atoms with Crippen LogP contribution in [0.15, 0.2) is 18.2 Å². The van der Waals surface area contributed by atoms with E-state index in [9.17, 15) is 0 Å². The minimum atomic E-state index is 0.289. The lowest BCUT2D eigenvalue weighted by molar-refractivity contribution is 0.327. The molecule has 0 bridgehead atoms. The Morgan fingerprint density at radius 1 is 1.56 bits per heavy atom. The van der Waals surface area contributed by atoms with Gasteiger partial charge in [-0.25, -0.2) is 0 Å². The van der Waals surface area contributed by atoms with E-state index in [-0.39, 0.29) is 6.04 Å². The van der Waals surface area contributed by atoms with Gasteiger partial charge in [0.25, 0.3) is 0 Å². The Labute approximate surface area is 100 Å². The van der Waals surface area contributed by atoms with Crippen LogP contribution >= 0.6 is 11.6 Å². The van der Waals surface area contributed by atoms with Crippen LogP contribution in [0, 0.1) is 11.3 Å². The largest absolute Gasteiger partial charge is 0.326 e. The highest BCUT2D eigenvalue weighted by Gasteiger charge is 2.19. The molecule has 4 heteroatoms. The molecule has 0 unspecified atom stereocenters. The Balaban J connectivity index is 2.08. The van der Waals surface area contributed by atoms with Crippen LogP contribution in [-0.4, -0.2) is 24.0 Å². The Morgan fingerprint density at radius 2 is 2.38 bits per heavy atom. The lowest BCUT2D eigenvalue weighted by Gasteiger charge is -2.16. The van der Waals surface area contributed by atoms with Crippen molar-refractivity contribution in [2.45, 2.75) is 19.0 Å². The van der Waals surface area contributed by atoms with Crippen molar-refractivity contribution < 1.29 is 0 Å². The SMILES string of the molecule is N#Cc1ccc(CN2CC[C@H](N)C2)c(Cl)c1. The van der Waals surface area contributed by atoms with E-state index in [1.165, 1.54) is 0 Å².